The average molecular weight is 196 g/mol. The minimum atomic E-state index is 0.441. The van der Waals surface area contributed by atoms with Crippen molar-refractivity contribution in [3.8, 4) is 0 Å². The fourth-order valence-electron chi connectivity index (χ4n) is 1.43. The van der Waals surface area contributed by atoms with Crippen LogP contribution in [-0.2, 0) is 6.54 Å². The number of pyridine rings is 1. The van der Waals surface area contributed by atoms with Crippen LogP contribution in [0.1, 0.15) is 11.5 Å². The minimum absolute atomic E-state index is 0.441. The molecule has 0 atom stereocenters. The molecule has 68 valence electrons. The second kappa shape index (κ2) is 3.01. The van der Waals surface area contributed by atoms with Crippen molar-refractivity contribution in [2.75, 3.05) is 0 Å². The quantitative estimate of drug-likeness (QED) is 0.754. The molecule has 2 N–H and O–H groups in total. The summed E-state index contributed by atoms with van der Waals surface area (Å²) >= 11 is 5.87. The van der Waals surface area contributed by atoms with Gasteiger partial charge in [0.2, 0.25) is 0 Å². The molecule has 2 rings (SSSR count). The standard InChI is InChI=1S/C9H10ClN3/c1-6-8-4-7(10)2-3-13(8)9(5-11)12-6/h2-4H,5,11H2,1H3. The van der Waals surface area contributed by atoms with E-state index in [1.807, 2.05) is 29.7 Å². The van der Waals surface area contributed by atoms with Gasteiger partial charge >= 0.3 is 0 Å². The summed E-state index contributed by atoms with van der Waals surface area (Å²) < 4.78 is 1.96. The maximum absolute atomic E-state index is 5.87. The van der Waals surface area contributed by atoms with Gasteiger partial charge in [0, 0.05) is 11.2 Å². The Balaban J connectivity index is 2.80. The van der Waals surface area contributed by atoms with Gasteiger partial charge in [-0.2, -0.15) is 0 Å². The van der Waals surface area contributed by atoms with Gasteiger partial charge in [-0.3, -0.25) is 0 Å². The highest BCUT2D eigenvalue weighted by atomic mass is 35.5. The highest BCUT2D eigenvalue weighted by Gasteiger charge is 2.05. The molecule has 0 saturated carbocycles. The number of aryl methyl sites for hydroxylation is 1. The zero-order valence-corrected chi connectivity index (χ0v) is 8.04. The Bertz CT molecular complexity index is 447. The van der Waals surface area contributed by atoms with Crippen molar-refractivity contribution in [2.24, 2.45) is 5.73 Å². The van der Waals surface area contributed by atoms with Crippen LogP contribution < -0.4 is 5.73 Å². The minimum Gasteiger partial charge on any atom is -0.324 e. The molecule has 0 aliphatic heterocycles. The van der Waals surface area contributed by atoms with Gasteiger partial charge in [-0.15, -0.1) is 0 Å². The molecule has 0 amide bonds. The molecule has 0 fully saturated rings. The van der Waals surface area contributed by atoms with E-state index >= 15 is 0 Å². The molecule has 0 saturated heterocycles. The first-order valence-corrected chi connectivity index (χ1v) is 4.43. The zero-order chi connectivity index (χ0) is 9.42. The average Bonchev–Trinajstić information content (AvgIpc) is 2.43. The number of hydrogen-bond donors (Lipinski definition) is 1. The topological polar surface area (TPSA) is 43.3 Å². The van der Waals surface area contributed by atoms with Gasteiger partial charge in [-0.1, -0.05) is 11.6 Å². The third kappa shape index (κ3) is 1.30. The Morgan fingerprint density at radius 1 is 1.62 bits per heavy atom. The zero-order valence-electron chi connectivity index (χ0n) is 7.29. The normalized spacial score (nSPS) is 11.0. The molecule has 0 bridgehead atoms. The molecule has 0 radical (unpaired) electrons. The lowest BCUT2D eigenvalue weighted by atomic mass is 10.3. The van der Waals surface area contributed by atoms with Gasteiger partial charge in [-0.25, -0.2) is 4.98 Å². The monoisotopic (exact) mass is 195 g/mol. The summed E-state index contributed by atoms with van der Waals surface area (Å²) in [5.74, 6) is 0.865. The Kier molecular flexibility index (Phi) is 1.98. The van der Waals surface area contributed by atoms with Crippen molar-refractivity contribution >= 4 is 17.1 Å². The van der Waals surface area contributed by atoms with Gasteiger partial charge < -0.3 is 10.1 Å². The predicted octanol–water partition coefficient (Wildman–Crippen LogP) is 1.75. The lowest BCUT2D eigenvalue weighted by Gasteiger charge is -1.97. The number of fused-ring (bicyclic) bond motifs is 1. The van der Waals surface area contributed by atoms with Crippen LogP contribution in [0.2, 0.25) is 5.02 Å². The summed E-state index contributed by atoms with van der Waals surface area (Å²) in [6, 6.07) is 3.72. The molecule has 3 nitrogen and oxygen atoms in total. The summed E-state index contributed by atoms with van der Waals surface area (Å²) in [5.41, 5.74) is 7.53. The summed E-state index contributed by atoms with van der Waals surface area (Å²) in [5, 5.41) is 0.721. The first-order chi connectivity index (χ1) is 6.22. The molecule has 0 aliphatic carbocycles. The van der Waals surface area contributed by atoms with Gasteiger partial charge in [0.25, 0.3) is 0 Å². The van der Waals surface area contributed by atoms with Gasteiger partial charge in [0.05, 0.1) is 17.8 Å². The third-order valence-corrected chi connectivity index (χ3v) is 2.28. The summed E-state index contributed by atoms with van der Waals surface area (Å²) in [4.78, 5) is 4.33. The summed E-state index contributed by atoms with van der Waals surface area (Å²) in [7, 11) is 0. The number of aromatic nitrogens is 2. The molecular formula is C9H10ClN3. The van der Waals surface area contributed by atoms with E-state index in [9.17, 15) is 0 Å². The number of imidazole rings is 1. The van der Waals surface area contributed by atoms with E-state index in [4.69, 9.17) is 17.3 Å². The van der Waals surface area contributed by atoms with Crippen LogP contribution in [0.4, 0.5) is 0 Å². The lowest BCUT2D eigenvalue weighted by Crippen LogP contribution is -2.01. The largest absolute Gasteiger partial charge is 0.324 e. The van der Waals surface area contributed by atoms with Crippen LogP contribution in [0, 0.1) is 6.92 Å². The predicted molar refractivity (Wildman–Crippen MR) is 52.8 cm³/mol. The molecule has 0 aromatic carbocycles. The van der Waals surface area contributed by atoms with Crippen molar-refractivity contribution in [3.05, 3.63) is 34.9 Å². The summed E-state index contributed by atoms with van der Waals surface area (Å²) in [6.07, 6.45) is 1.89. The number of nitrogens with two attached hydrogens (primary N) is 1. The van der Waals surface area contributed by atoms with Gasteiger partial charge in [0.1, 0.15) is 5.82 Å². The molecule has 0 spiro atoms. The third-order valence-electron chi connectivity index (χ3n) is 2.05. The Hall–Kier alpha value is -1.06. The molecule has 2 heterocycles. The number of halogens is 1. The molecule has 0 aliphatic rings. The molecule has 2 aromatic rings. The van der Waals surface area contributed by atoms with Crippen LogP contribution in [0.25, 0.3) is 5.52 Å². The summed E-state index contributed by atoms with van der Waals surface area (Å²) in [6.45, 7) is 2.39. The molecule has 0 unspecified atom stereocenters. The maximum atomic E-state index is 5.87. The Morgan fingerprint density at radius 3 is 3.08 bits per heavy atom. The Morgan fingerprint density at radius 2 is 2.38 bits per heavy atom. The lowest BCUT2D eigenvalue weighted by molar-refractivity contribution is 0.899. The van der Waals surface area contributed by atoms with Crippen LogP contribution in [0.15, 0.2) is 18.3 Å². The van der Waals surface area contributed by atoms with Crippen molar-refractivity contribution < 1.29 is 0 Å². The second-order valence-corrected chi connectivity index (χ2v) is 3.35. The first kappa shape index (κ1) is 8.53. The Labute approximate surface area is 81.1 Å². The van der Waals surface area contributed by atoms with Crippen molar-refractivity contribution in [3.63, 3.8) is 0 Å². The molecule has 13 heavy (non-hydrogen) atoms. The van der Waals surface area contributed by atoms with Crippen LogP contribution in [0.3, 0.4) is 0 Å². The SMILES string of the molecule is Cc1nc(CN)n2ccc(Cl)cc12. The molecule has 4 heteroatoms. The van der Waals surface area contributed by atoms with E-state index in [0.717, 1.165) is 22.1 Å². The van der Waals surface area contributed by atoms with E-state index in [1.54, 1.807) is 0 Å². The van der Waals surface area contributed by atoms with Crippen LogP contribution in [-0.4, -0.2) is 9.38 Å². The fraction of sp³-hybridized carbons (Fsp3) is 0.222. The number of nitrogens with zero attached hydrogens (tertiary/aromatic N) is 2. The number of rotatable bonds is 1. The van der Waals surface area contributed by atoms with E-state index in [1.165, 1.54) is 0 Å². The van der Waals surface area contributed by atoms with E-state index in [-0.39, 0.29) is 0 Å². The van der Waals surface area contributed by atoms with Crippen molar-refractivity contribution in [1.82, 2.24) is 9.38 Å². The van der Waals surface area contributed by atoms with E-state index in [0.29, 0.717) is 6.54 Å². The van der Waals surface area contributed by atoms with Crippen LogP contribution in [0.5, 0.6) is 0 Å². The molecule has 2 aromatic heterocycles. The maximum Gasteiger partial charge on any atom is 0.127 e. The highest BCUT2D eigenvalue weighted by molar-refractivity contribution is 6.30. The van der Waals surface area contributed by atoms with E-state index < -0.39 is 0 Å². The van der Waals surface area contributed by atoms with Crippen molar-refractivity contribution in [2.45, 2.75) is 13.5 Å². The fourth-order valence-corrected chi connectivity index (χ4v) is 1.59. The smallest absolute Gasteiger partial charge is 0.127 e. The number of hydrogen-bond acceptors (Lipinski definition) is 2. The van der Waals surface area contributed by atoms with E-state index in [2.05, 4.69) is 4.98 Å². The van der Waals surface area contributed by atoms with Gasteiger partial charge in [0.15, 0.2) is 0 Å². The van der Waals surface area contributed by atoms with Gasteiger partial charge in [-0.05, 0) is 19.1 Å². The van der Waals surface area contributed by atoms with Crippen molar-refractivity contribution in [1.29, 1.82) is 0 Å². The molecular weight excluding hydrogens is 186 g/mol. The second-order valence-electron chi connectivity index (χ2n) is 2.92. The first-order valence-electron chi connectivity index (χ1n) is 4.05. The van der Waals surface area contributed by atoms with Crippen LogP contribution >= 0.6 is 11.6 Å². The highest BCUT2D eigenvalue weighted by Crippen LogP contribution is 2.16.